The van der Waals surface area contributed by atoms with E-state index in [4.69, 9.17) is 4.74 Å². The van der Waals surface area contributed by atoms with Crippen LogP contribution in [-0.4, -0.2) is 50.5 Å². The van der Waals surface area contributed by atoms with Gasteiger partial charge in [0.15, 0.2) is 0 Å². The second-order valence-corrected chi connectivity index (χ2v) is 8.03. The van der Waals surface area contributed by atoms with Gasteiger partial charge in [-0.2, -0.15) is 4.31 Å². The van der Waals surface area contributed by atoms with Crippen molar-refractivity contribution in [3.63, 3.8) is 0 Å². The Morgan fingerprint density at radius 1 is 1.22 bits per heavy atom. The van der Waals surface area contributed by atoms with Crippen LogP contribution in [0.5, 0.6) is 0 Å². The topological polar surface area (TPSA) is 75.7 Å². The van der Waals surface area contributed by atoms with E-state index in [-0.39, 0.29) is 18.1 Å². The van der Waals surface area contributed by atoms with Crippen molar-refractivity contribution in [2.45, 2.75) is 49.3 Å². The Morgan fingerprint density at radius 3 is 2.57 bits per heavy atom. The van der Waals surface area contributed by atoms with E-state index in [1.165, 1.54) is 0 Å². The summed E-state index contributed by atoms with van der Waals surface area (Å²) >= 11 is 0. The quantitative estimate of drug-likeness (QED) is 0.894. The number of sulfonamides is 1. The number of carbonyl (C=O) groups is 1. The number of fused-ring (bicyclic) bond motifs is 1. The van der Waals surface area contributed by atoms with E-state index >= 15 is 0 Å². The lowest BCUT2D eigenvalue weighted by molar-refractivity contribution is -0.142. The molecule has 3 rings (SSSR count). The van der Waals surface area contributed by atoms with E-state index in [1.54, 1.807) is 35.6 Å². The molecule has 1 amide bonds. The zero-order chi connectivity index (χ0) is 16.6. The highest BCUT2D eigenvalue weighted by Gasteiger charge is 2.46. The fourth-order valence-electron chi connectivity index (χ4n) is 3.39. The molecule has 0 unspecified atom stereocenters. The van der Waals surface area contributed by atoms with Crippen LogP contribution in [0.25, 0.3) is 0 Å². The highest BCUT2D eigenvalue weighted by molar-refractivity contribution is 7.89. The molecule has 0 spiro atoms. The molecule has 7 heteroatoms. The van der Waals surface area contributed by atoms with Crippen LogP contribution >= 0.6 is 0 Å². The number of nitrogens with one attached hydrogen (secondary N) is 1. The zero-order valence-electron chi connectivity index (χ0n) is 13.4. The number of carbonyl (C=O) groups excluding carboxylic acids is 1. The normalized spacial score (nSPS) is 28.3. The molecule has 2 aliphatic heterocycles. The Hall–Kier alpha value is -1.44. The number of aryl methyl sites for hydroxylation is 1. The molecule has 2 saturated heterocycles. The van der Waals surface area contributed by atoms with Crippen LogP contribution in [0.4, 0.5) is 0 Å². The highest BCUT2D eigenvalue weighted by Crippen LogP contribution is 2.35. The molecule has 2 aliphatic rings. The lowest BCUT2D eigenvalue weighted by atomic mass is 9.99. The predicted molar refractivity (Wildman–Crippen MR) is 85.4 cm³/mol. The molecule has 126 valence electrons. The Kier molecular flexibility index (Phi) is 4.44. The van der Waals surface area contributed by atoms with Crippen LogP contribution in [0.1, 0.15) is 24.8 Å². The van der Waals surface area contributed by atoms with Crippen LogP contribution in [0.2, 0.25) is 0 Å². The number of ether oxygens (including phenoxy) is 1. The van der Waals surface area contributed by atoms with E-state index in [9.17, 15) is 13.2 Å². The summed E-state index contributed by atoms with van der Waals surface area (Å²) in [7, 11) is -1.93. The SMILES string of the molecule is CNC(=O)[C@H]1CC[C@H]2[C@H](CCN2S(=O)(=O)c2ccc(C)cc2)O1. The number of likely N-dealkylation sites (N-methyl/N-ethyl adjacent to an activating group) is 1. The fourth-order valence-corrected chi connectivity index (χ4v) is 5.08. The molecule has 3 atom stereocenters. The largest absolute Gasteiger partial charge is 0.363 e. The second kappa shape index (κ2) is 6.22. The summed E-state index contributed by atoms with van der Waals surface area (Å²) in [6.45, 7) is 2.36. The van der Waals surface area contributed by atoms with Crippen molar-refractivity contribution in [1.82, 2.24) is 9.62 Å². The molecule has 1 aromatic carbocycles. The maximum absolute atomic E-state index is 12.9. The van der Waals surface area contributed by atoms with Gasteiger partial charge in [-0.1, -0.05) is 17.7 Å². The molecule has 6 nitrogen and oxygen atoms in total. The summed E-state index contributed by atoms with van der Waals surface area (Å²) in [5.74, 6) is -0.136. The molecule has 0 aromatic heterocycles. The van der Waals surface area contributed by atoms with E-state index in [0.717, 1.165) is 5.56 Å². The maximum Gasteiger partial charge on any atom is 0.248 e. The molecular weight excluding hydrogens is 316 g/mol. The fraction of sp³-hybridized carbons (Fsp3) is 0.562. The van der Waals surface area contributed by atoms with Crippen molar-refractivity contribution in [2.75, 3.05) is 13.6 Å². The number of rotatable bonds is 3. The van der Waals surface area contributed by atoms with Gasteiger partial charge in [-0.15, -0.1) is 0 Å². The standard InChI is InChI=1S/C16H22N2O4S/c1-11-3-5-12(6-4-11)23(20,21)18-10-9-14-13(18)7-8-15(22-14)16(19)17-2/h3-6,13-15H,7-10H2,1-2H3,(H,17,19)/t13-,14-,15+/m0/s1. The first-order valence-electron chi connectivity index (χ1n) is 7.89. The average molecular weight is 338 g/mol. The summed E-state index contributed by atoms with van der Waals surface area (Å²) in [6.07, 6.45) is 1.15. The van der Waals surface area contributed by atoms with Gasteiger partial charge in [0.1, 0.15) is 6.10 Å². The third kappa shape index (κ3) is 3.00. The van der Waals surface area contributed by atoms with Gasteiger partial charge >= 0.3 is 0 Å². The van der Waals surface area contributed by atoms with Crippen LogP contribution < -0.4 is 5.32 Å². The van der Waals surface area contributed by atoms with Crippen molar-refractivity contribution in [2.24, 2.45) is 0 Å². The first kappa shape index (κ1) is 16.4. The number of nitrogens with zero attached hydrogens (tertiary/aromatic N) is 1. The van der Waals surface area contributed by atoms with Crippen LogP contribution in [0, 0.1) is 6.92 Å². The highest BCUT2D eigenvalue weighted by atomic mass is 32.2. The van der Waals surface area contributed by atoms with Crippen LogP contribution in [-0.2, 0) is 19.6 Å². The molecule has 23 heavy (non-hydrogen) atoms. The Morgan fingerprint density at radius 2 is 1.91 bits per heavy atom. The van der Waals surface area contributed by atoms with Crippen molar-refractivity contribution >= 4 is 15.9 Å². The van der Waals surface area contributed by atoms with Gasteiger partial charge < -0.3 is 10.1 Å². The summed E-state index contributed by atoms with van der Waals surface area (Å²) < 4.78 is 33.1. The van der Waals surface area contributed by atoms with Crippen LogP contribution in [0.3, 0.4) is 0 Å². The van der Waals surface area contributed by atoms with Gasteiger partial charge in [-0.3, -0.25) is 4.79 Å². The Labute approximate surface area is 136 Å². The lowest BCUT2D eigenvalue weighted by Crippen LogP contribution is -2.48. The minimum absolute atomic E-state index is 0.136. The molecular formula is C16H22N2O4S. The van der Waals surface area contributed by atoms with Gasteiger partial charge in [0.25, 0.3) is 0 Å². The number of hydrogen-bond acceptors (Lipinski definition) is 4. The monoisotopic (exact) mass is 338 g/mol. The van der Waals surface area contributed by atoms with Crippen molar-refractivity contribution in [3.05, 3.63) is 29.8 Å². The Balaban J connectivity index is 1.78. The average Bonchev–Trinajstić information content (AvgIpc) is 2.98. The van der Waals surface area contributed by atoms with Crippen molar-refractivity contribution < 1.29 is 17.9 Å². The maximum atomic E-state index is 12.9. The summed E-state index contributed by atoms with van der Waals surface area (Å²) in [4.78, 5) is 12.0. The summed E-state index contributed by atoms with van der Waals surface area (Å²) in [6, 6.07) is 6.73. The molecule has 2 fully saturated rings. The van der Waals surface area contributed by atoms with Gasteiger partial charge in [0, 0.05) is 13.6 Å². The molecule has 2 heterocycles. The van der Waals surface area contributed by atoms with E-state index < -0.39 is 16.1 Å². The van der Waals surface area contributed by atoms with E-state index in [1.807, 2.05) is 6.92 Å². The number of benzene rings is 1. The molecule has 0 saturated carbocycles. The number of amides is 1. The van der Waals surface area contributed by atoms with Gasteiger partial charge in [0.2, 0.25) is 15.9 Å². The van der Waals surface area contributed by atoms with Crippen molar-refractivity contribution in [3.8, 4) is 0 Å². The molecule has 0 radical (unpaired) electrons. The minimum Gasteiger partial charge on any atom is -0.363 e. The van der Waals surface area contributed by atoms with Crippen LogP contribution in [0.15, 0.2) is 29.2 Å². The minimum atomic E-state index is -3.52. The smallest absolute Gasteiger partial charge is 0.248 e. The van der Waals surface area contributed by atoms with E-state index in [0.29, 0.717) is 30.7 Å². The third-order valence-corrected chi connectivity index (χ3v) is 6.60. The van der Waals surface area contributed by atoms with Gasteiger partial charge in [-0.25, -0.2) is 8.42 Å². The second-order valence-electron chi connectivity index (χ2n) is 6.14. The first-order chi connectivity index (χ1) is 10.9. The molecule has 1 N–H and O–H groups in total. The molecule has 0 aliphatic carbocycles. The zero-order valence-corrected chi connectivity index (χ0v) is 14.2. The predicted octanol–water partition coefficient (Wildman–Crippen LogP) is 1.05. The van der Waals surface area contributed by atoms with Gasteiger partial charge in [0.05, 0.1) is 17.0 Å². The number of hydrogen-bond donors (Lipinski definition) is 1. The lowest BCUT2D eigenvalue weighted by Gasteiger charge is -2.34. The molecule has 1 aromatic rings. The third-order valence-electron chi connectivity index (χ3n) is 4.66. The molecule has 0 bridgehead atoms. The summed E-state index contributed by atoms with van der Waals surface area (Å²) in [5.41, 5.74) is 1.03. The van der Waals surface area contributed by atoms with Crippen molar-refractivity contribution in [1.29, 1.82) is 0 Å². The van der Waals surface area contributed by atoms with E-state index in [2.05, 4.69) is 5.32 Å². The van der Waals surface area contributed by atoms with Gasteiger partial charge in [-0.05, 0) is 38.3 Å². The summed E-state index contributed by atoms with van der Waals surface area (Å²) in [5, 5.41) is 2.59. The Bertz CT molecular complexity index is 687. The first-order valence-corrected chi connectivity index (χ1v) is 9.33.